The van der Waals surface area contributed by atoms with Crippen LogP contribution < -0.4 is 5.32 Å². The maximum atomic E-state index is 9.41. The van der Waals surface area contributed by atoms with E-state index < -0.39 is 5.56 Å². The van der Waals surface area contributed by atoms with Gasteiger partial charge < -0.3 is 10.4 Å². The molecule has 0 fully saturated rings. The van der Waals surface area contributed by atoms with E-state index in [1.54, 1.807) is 0 Å². The van der Waals surface area contributed by atoms with Gasteiger partial charge >= 0.3 is 0 Å². The van der Waals surface area contributed by atoms with E-state index in [2.05, 4.69) is 25.2 Å². The number of benzene rings is 1. The number of hydrogen-bond acceptors (Lipinski definition) is 3. The fraction of sp³-hybridized carbons (Fsp3) is 0.400. The molecule has 1 aliphatic rings. The second-order valence-electron chi connectivity index (χ2n) is 3.49. The SMILES string of the molecule is CC(C)c1cccc2c1NC(O)S2. The molecule has 0 saturated carbocycles. The van der Waals surface area contributed by atoms with E-state index in [1.807, 2.05) is 12.1 Å². The molecule has 2 N–H and O–H groups in total. The van der Waals surface area contributed by atoms with Gasteiger partial charge in [0.05, 0.1) is 5.69 Å². The Balaban J connectivity index is 2.45. The third-order valence-corrected chi connectivity index (χ3v) is 3.12. The van der Waals surface area contributed by atoms with Crippen molar-refractivity contribution in [2.45, 2.75) is 30.2 Å². The van der Waals surface area contributed by atoms with Crippen molar-refractivity contribution in [1.82, 2.24) is 0 Å². The van der Waals surface area contributed by atoms with Crippen LogP contribution in [0.15, 0.2) is 23.1 Å². The first-order valence-corrected chi connectivity index (χ1v) is 5.30. The Morgan fingerprint density at radius 2 is 2.23 bits per heavy atom. The van der Waals surface area contributed by atoms with E-state index in [0.29, 0.717) is 5.92 Å². The number of para-hydroxylation sites is 1. The van der Waals surface area contributed by atoms with Gasteiger partial charge in [0.1, 0.15) is 0 Å². The molecule has 1 aromatic carbocycles. The predicted molar refractivity (Wildman–Crippen MR) is 56.0 cm³/mol. The van der Waals surface area contributed by atoms with Crippen molar-refractivity contribution < 1.29 is 5.11 Å². The fourth-order valence-corrected chi connectivity index (χ4v) is 2.42. The summed E-state index contributed by atoms with van der Waals surface area (Å²) in [5, 5.41) is 12.5. The Bertz CT molecular complexity index is 325. The van der Waals surface area contributed by atoms with Crippen LogP contribution in [0.1, 0.15) is 25.3 Å². The third kappa shape index (κ3) is 1.54. The molecule has 70 valence electrons. The van der Waals surface area contributed by atoms with Gasteiger partial charge in [0.15, 0.2) is 5.56 Å². The number of nitrogens with one attached hydrogen (secondary N) is 1. The highest BCUT2D eigenvalue weighted by Gasteiger charge is 2.22. The summed E-state index contributed by atoms with van der Waals surface area (Å²) in [7, 11) is 0. The molecule has 3 heteroatoms. The van der Waals surface area contributed by atoms with Crippen LogP contribution in [0.25, 0.3) is 0 Å². The van der Waals surface area contributed by atoms with Crippen molar-refractivity contribution in [3.05, 3.63) is 23.8 Å². The van der Waals surface area contributed by atoms with Crippen molar-refractivity contribution in [1.29, 1.82) is 0 Å². The smallest absolute Gasteiger partial charge is 0.178 e. The first-order valence-electron chi connectivity index (χ1n) is 4.42. The van der Waals surface area contributed by atoms with E-state index in [0.717, 1.165) is 10.6 Å². The summed E-state index contributed by atoms with van der Waals surface area (Å²) >= 11 is 1.47. The van der Waals surface area contributed by atoms with Crippen LogP contribution >= 0.6 is 11.8 Å². The third-order valence-electron chi connectivity index (χ3n) is 2.19. The first-order chi connectivity index (χ1) is 6.18. The van der Waals surface area contributed by atoms with Crippen molar-refractivity contribution in [3.8, 4) is 0 Å². The molecule has 1 unspecified atom stereocenters. The molecule has 2 nitrogen and oxygen atoms in total. The molecule has 0 aromatic heterocycles. The molecule has 1 heterocycles. The summed E-state index contributed by atoms with van der Waals surface area (Å²) in [6.07, 6.45) is 0. The van der Waals surface area contributed by atoms with E-state index in [4.69, 9.17) is 0 Å². The van der Waals surface area contributed by atoms with Gasteiger partial charge in [0.2, 0.25) is 0 Å². The van der Waals surface area contributed by atoms with Crippen LogP contribution in [0.5, 0.6) is 0 Å². The molecule has 1 aliphatic heterocycles. The van der Waals surface area contributed by atoms with Gasteiger partial charge in [-0.15, -0.1) is 0 Å². The lowest BCUT2D eigenvalue weighted by Crippen LogP contribution is -2.08. The predicted octanol–water partition coefficient (Wildman–Crippen LogP) is 2.60. The minimum atomic E-state index is -0.477. The number of rotatable bonds is 1. The van der Waals surface area contributed by atoms with E-state index in [-0.39, 0.29) is 0 Å². The second-order valence-corrected chi connectivity index (χ2v) is 4.61. The summed E-state index contributed by atoms with van der Waals surface area (Å²) in [6.45, 7) is 4.32. The molecule has 1 aromatic rings. The highest BCUT2D eigenvalue weighted by Crippen LogP contribution is 2.41. The average molecular weight is 195 g/mol. The first kappa shape index (κ1) is 8.91. The number of aliphatic hydroxyl groups excluding tert-OH is 1. The zero-order chi connectivity index (χ0) is 9.42. The lowest BCUT2D eigenvalue weighted by atomic mass is 10.0. The van der Waals surface area contributed by atoms with Gasteiger partial charge in [-0.25, -0.2) is 0 Å². The van der Waals surface area contributed by atoms with Crippen molar-refractivity contribution in [2.24, 2.45) is 0 Å². The van der Waals surface area contributed by atoms with Crippen LogP contribution in [0.3, 0.4) is 0 Å². The largest absolute Gasteiger partial charge is 0.364 e. The van der Waals surface area contributed by atoms with Crippen molar-refractivity contribution in [3.63, 3.8) is 0 Å². The summed E-state index contributed by atoms with van der Waals surface area (Å²) < 4.78 is 0. The van der Waals surface area contributed by atoms with E-state index >= 15 is 0 Å². The summed E-state index contributed by atoms with van der Waals surface area (Å²) in [6, 6.07) is 6.19. The minimum Gasteiger partial charge on any atom is -0.364 e. The van der Waals surface area contributed by atoms with Gasteiger partial charge in [-0.1, -0.05) is 37.7 Å². The number of aliphatic hydroxyl groups is 1. The molecule has 0 saturated heterocycles. The molecule has 0 spiro atoms. The maximum Gasteiger partial charge on any atom is 0.178 e. The van der Waals surface area contributed by atoms with Gasteiger partial charge in [0.25, 0.3) is 0 Å². The van der Waals surface area contributed by atoms with E-state index in [1.165, 1.54) is 17.3 Å². The highest BCUT2D eigenvalue weighted by molar-refractivity contribution is 8.00. The standard InChI is InChI=1S/C10H13NOS/c1-6(2)7-4-3-5-8-9(7)11-10(12)13-8/h3-6,10-12H,1-2H3. The molecule has 0 bridgehead atoms. The molecular weight excluding hydrogens is 182 g/mol. The zero-order valence-electron chi connectivity index (χ0n) is 7.74. The van der Waals surface area contributed by atoms with Crippen LogP contribution in [0.2, 0.25) is 0 Å². The Morgan fingerprint density at radius 1 is 1.46 bits per heavy atom. The van der Waals surface area contributed by atoms with E-state index in [9.17, 15) is 5.11 Å². The molecule has 13 heavy (non-hydrogen) atoms. The molecular formula is C10H13NOS. The normalized spacial score (nSPS) is 20.2. The number of fused-ring (bicyclic) bond motifs is 1. The molecule has 0 radical (unpaired) electrons. The number of hydrogen-bond donors (Lipinski definition) is 2. The number of anilines is 1. The van der Waals surface area contributed by atoms with Crippen molar-refractivity contribution in [2.75, 3.05) is 5.32 Å². The monoisotopic (exact) mass is 195 g/mol. The van der Waals surface area contributed by atoms with Gasteiger partial charge in [-0.05, 0) is 17.5 Å². The molecule has 2 rings (SSSR count). The maximum absolute atomic E-state index is 9.41. The number of thioether (sulfide) groups is 1. The van der Waals surface area contributed by atoms with Crippen LogP contribution in [0.4, 0.5) is 5.69 Å². The van der Waals surface area contributed by atoms with Crippen molar-refractivity contribution >= 4 is 17.4 Å². The lowest BCUT2D eigenvalue weighted by molar-refractivity contribution is 0.294. The Labute approximate surface area is 82.4 Å². The summed E-state index contributed by atoms with van der Waals surface area (Å²) in [5.41, 5.74) is 1.91. The topological polar surface area (TPSA) is 32.3 Å². The zero-order valence-corrected chi connectivity index (χ0v) is 8.56. The molecule has 0 amide bonds. The summed E-state index contributed by atoms with van der Waals surface area (Å²) in [5.74, 6) is 0.494. The van der Waals surface area contributed by atoms with Crippen LogP contribution in [-0.2, 0) is 0 Å². The fourth-order valence-electron chi connectivity index (χ4n) is 1.56. The van der Waals surface area contributed by atoms with Gasteiger partial charge in [-0.3, -0.25) is 0 Å². The lowest BCUT2D eigenvalue weighted by Gasteiger charge is -2.11. The minimum absolute atomic E-state index is 0.477. The molecule has 0 aliphatic carbocycles. The average Bonchev–Trinajstić information content (AvgIpc) is 2.43. The Hall–Kier alpha value is -0.670. The highest BCUT2D eigenvalue weighted by atomic mass is 32.2. The summed E-state index contributed by atoms with van der Waals surface area (Å²) in [4.78, 5) is 1.15. The second kappa shape index (κ2) is 3.24. The van der Waals surface area contributed by atoms with Gasteiger partial charge in [-0.2, -0.15) is 0 Å². The molecule has 1 atom stereocenters. The van der Waals surface area contributed by atoms with Gasteiger partial charge in [0, 0.05) is 4.90 Å². The van der Waals surface area contributed by atoms with Crippen LogP contribution in [-0.4, -0.2) is 10.7 Å². The quantitative estimate of drug-likeness (QED) is 0.722. The Kier molecular flexibility index (Phi) is 2.22. The Morgan fingerprint density at radius 3 is 2.92 bits per heavy atom. The van der Waals surface area contributed by atoms with Crippen LogP contribution in [0, 0.1) is 0 Å².